The molecule has 1 aromatic carbocycles. The summed E-state index contributed by atoms with van der Waals surface area (Å²) in [5.74, 6) is -0.464. The van der Waals surface area contributed by atoms with E-state index in [1.165, 1.54) is 12.2 Å². The Bertz CT molecular complexity index is 873. The molecule has 8 nitrogen and oxygen atoms in total. The fourth-order valence-electron chi connectivity index (χ4n) is 3.88. The highest BCUT2D eigenvalue weighted by molar-refractivity contribution is 8.77. The van der Waals surface area contributed by atoms with Crippen LogP contribution in [0.5, 0.6) is 5.75 Å². The second kappa shape index (κ2) is 15.8. The van der Waals surface area contributed by atoms with E-state index in [-0.39, 0.29) is 18.2 Å². The predicted octanol–water partition coefficient (Wildman–Crippen LogP) is 3.28. The third-order valence-corrected chi connectivity index (χ3v) is 8.97. The van der Waals surface area contributed by atoms with E-state index in [2.05, 4.69) is 16.0 Å². The minimum absolute atomic E-state index is 0.141. The minimum Gasteiger partial charge on any atom is -0.497 e. The van der Waals surface area contributed by atoms with Crippen LogP contribution in [-0.2, 0) is 25.6 Å². The summed E-state index contributed by atoms with van der Waals surface area (Å²) in [5.41, 5.74) is 0.766. The summed E-state index contributed by atoms with van der Waals surface area (Å²) in [5, 5.41) is 8.74. The Morgan fingerprint density at radius 1 is 1.08 bits per heavy atom. The van der Waals surface area contributed by atoms with Crippen LogP contribution in [0.15, 0.2) is 24.3 Å². The molecule has 3 atom stereocenters. The zero-order valence-corrected chi connectivity index (χ0v) is 23.3. The van der Waals surface area contributed by atoms with Crippen LogP contribution in [0.3, 0.4) is 0 Å². The van der Waals surface area contributed by atoms with Crippen molar-refractivity contribution in [3.63, 3.8) is 0 Å². The molecule has 3 N–H and O–H groups in total. The topological polar surface area (TPSA) is 114 Å². The van der Waals surface area contributed by atoms with E-state index in [4.69, 9.17) is 4.74 Å². The van der Waals surface area contributed by atoms with Crippen LogP contribution in [0.25, 0.3) is 0 Å². The molecule has 1 heterocycles. The van der Waals surface area contributed by atoms with E-state index in [1.54, 1.807) is 38.3 Å². The van der Waals surface area contributed by atoms with Crippen LogP contribution in [0.1, 0.15) is 58.4 Å². The maximum absolute atomic E-state index is 13.2. The minimum atomic E-state index is -1.06. The summed E-state index contributed by atoms with van der Waals surface area (Å²) in [6.45, 7) is 5.70. The zero-order chi connectivity index (χ0) is 26.5. The molecule has 1 aromatic rings. The summed E-state index contributed by atoms with van der Waals surface area (Å²) < 4.78 is 5.17. The van der Waals surface area contributed by atoms with Crippen molar-refractivity contribution in [2.45, 2.75) is 76.6 Å². The number of ether oxygens (including phenoxy) is 1. The van der Waals surface area contributed by atoms with Gasteiger partial charge in [-0.2, -0.15) is 0 Å². The van der Waals surface area contributed by atoms with Gasteiger partial charge in [-0.05, 0) is 49.8 Å². The molecule has 1 unspecified atom stereocenters. The fraction of sp³-hybridized carbons (Fsp3) is 0.615. The molecule has 0 spiro atoms. The van der Waals surface area contributed by atoms with E-state index < -0.39 is 29.7 Å². The lowest BCUT2D eigenvalue weighted by atomic mass is 9.98. The molecule has 1 aliphatic heterocycles. The molecular formula is C26H39N3O5S2. The van der Waals surface area contributed by atoms with Gasteiger partial charge in [0.25, 0.3) is 5.91 Å². The fourth-order valence-corrected chi connectivity index (χ4v) is 6.90. The molecule has 10 heteroatoms. The van der Waals surface area contributed by atoms with Crippen molar-refractivity contribution < 1.29 is 23.9 Å². The van der Waals surface area contributed by atoms with Gasteiger partial charge in [0.1, 0.15) is 17.8 Å². The van der Waals surface area contributed by atoms with Crippen LogP contribution in [-0.4, -0.2) is 60.2 Å². The van der Waals surface area contributed by atoms with E-state index in [0.717, 1.165) is 24.8 Å². The molecule has 1 aliphatic rings. The van der Waals surface area contributed by atoms with Gasteiger partial charge in [0, 0.05) is 30.4 Å². The number of rotatable bonds is 15. The molecule has 36 heavy (non-hydrogen) atoms. The first-order chi connectivity index (χ1) is 17.2. The maximum atomic E-state index is 13.2. The van der Waals surface area contributed by atoms with Crippen LogP contribution < -0.4 is 20.7 Å². The standard InChI is InChI=1S/C26H39N3O5S2/c1-5-27-26(33)24(31)21(16-18-10-12-19(34-4)13-11-18)28-25(32)23(17(2)3)29-22(30)9-7-6-8-20-14-15-35-36-20/h10-13,17,20-21,23H,5-9,14-16H2,1-4H3,(H,27,33)(H,28,32)(H,29,30)/t20?,21-,23-/m0/s1. The van der Waals surface area contributed by atoms with Crippen molar-refractivity contribution in [1.29, 1.82) is 0 Å². The smallest absolute Gasteiger partial charge is 0.289 e. The normalized spacial score (nSPS) is 16.8. The number of hydrogen-bond acceptors (Lipinski definition) is 7. The first-order valence-electron chi connectivity index (χ1n) is 12.6. The predicted molar refractivity (Wildman–Crippen MR) is 146 cm³/mol. The van der Waals surface area contributed by atoms with Crippen LogP contribution in [0.2, 0.25) is 0 Å². The van der Waals surface area contributed by atoms with Gasteiger partial charge in [-0.15, -0.1) is 0 Å². The van der Waals surface area contributed by atoms with Gasteiger partial charge >= 0.3 is 0 Å². The average Bonchev–Trinajstić information content (AvgIpc) is 3.38. The number of Topliss-reactive ketones (excluding diaryl/α,β-unsaturated/α-hetero) is 1. The Hall–Kier alpha value is -2.20. The van der Waals surface area contributed by atoms with Gasteiger partial charge in [-0.3, -0.25) is 19.2 Å². The third kappa shape index (κ3) is 10.0. The molecule has 2 rings (SSSR count). The molecule has 1 saturated heterocycles. The largest absolute Gasteiger partial charge is 0.497 e. The lowest BCUT2D eigenvalue weighted by molar-refractivity contribution is -0.140. The van der Waals surface area contributed by atoms with Crippen molar-refractivity contribution in [1.82, 2.24) is 16.0 Å². The van der Waals surface area contributed by atoms with Gasteiger partial charge in [0.05, 0.1) is 7.11 Å². The molecule has 0 bridgehead atoms. The molecule has 200 valence electrons. The van der Waals surface area contributed by atoms with Crippen molar-refractivity contribution in [2.24, 2.45) is 5.92 Å². The summed E-state index contributed by atoms with van der Waals surface area (Å²) >= 11 is 0. The van der Waals surface area contributed by atoms with Crippen molar-refractivity contribution in [3.05, 3.63) is 29.8 Å². The highest BCUT2D eigenvalue weighted by Crippen LogP contribution is 2.39. The average molecular weight is 538 g/mol. The molecule has 0 saturated carbocycles. The van der Waals surface area contributed by atoms with Gasteiger partial charge in [0.15, 0.2) is 0 Å². The van der Waals surface area contributed by atoms with Gasteiger partial charge in [-0.1, -0.05) is 54.0 Å². The number of ketones is 1. The second-order valence-corrected chi connectivity index (χ2v) is 12.0. The first-order valence-corrected chi connectivity index (χ1v) is 15.0. The number of carbonyl (C=O) groups excluding carboxylic acids is 4. The van der Waals surface area contributed by atoms with Crippen molar-refractivity contribution in [2.75, 3.05) is 19.4 Å². The molecule has 1 fully saturated rings. The van der Waals surface area contributed by atoms with Gasteiger partial charge in [-0.25, -0.2) is 0 Å². The molecule has 0 radical (unpaired) electrons. The molecular weight excluding hydrogens is 498 g/mol. The molecule has 0 aromatic heterocycles. The quantitative estimate of drug-likeness (QED) is 0.179. The number of nitrogens with one attached hydrogen (secondary N) is 3. The zero-order valence-electron chi connectivity index (χ0n) is 21.6. The van der Waals surface area contributed by atoms with E-state index in [1.807, 2.05) is 35.4 Å². The van der Waals surface area contributed by atoms with Crippen LogP contribution >= 0.6 is 21.6 Å². The van der Waals surface area contributed by atoms with E-state index in [9.17, 15) is 19.2 Å². The number of amides is 3. The first kappa shape index (κ1) is 30.0. The number of unbranched alkanes of at least 4 members (excludes halogenated alkanes) is 1. The summed E-state index contributed by atoms with van der Waals surface area (Å²) in [6, 6.07) is 5.22. The summed E-state index contributed by atoms with van der Waals surface area (Å²) in [7, 11) is 5.41. The summed E-state index contributed by atoms with van der Waals surface area (Å²) in [6.07, 6.45) is 4.58. The molecule has 3 amide bonds. The Labute approximate surface area is 222 Å². The summed E-state index contributed by atoms with van der Waals surface area (Å²) in [4.78, 5) is 50.9. The number of methoxy groups -OCH3 is 1. The second-order valence-electron chi connectivity index (χ2n) is 9.20. The highest BCUT2D eigenvalue weighted by Gasteiger charge is 2.31. The number of carbonyl (C=O) groups is 4. The Morgan fingerprint density at radius 2 is 1.81 bits per heavy atom. The molecule has 0 aliphatic carbocycles. The van der Waals surface area contributed by atoms with Gasteiger partial charge in [0.2, 0.25) is 17.6 Å². The number of hydrogen-bond donors (Lipinski definition) is 3. The van der Waals surface area contributed by atoms with Crippen LogP contribution in [0, 0.1) is 5.92 Å². The monoisotopic (exact) mass is 537 g/mol. The third-order valence-electron chi connectivity index (χ3n) is 5.97. The Balaban J connectivity index is 1.99. The highest BCUT2D eigenvalue weighted by atomic mass is 33.1. The Morgan fingerprint density at radius 3 is 2.39 bits per heavy atom. The maximum Gasteiger partial charge on any atom is 0.289 e. The number of likely N-dealkylation sites (N-methyl/N-ethyl adjacent to an activating group) is 1. The van der Waals surface area contributed by atoms with Crippen LogP contribution in [0.4, 0.5) is 0 Å². The number of benzene rings is 1. The lowest BCUT2D eigenvalue weighted by Gasteiger charge is -2.25. The lowest BCUT2D eigenvalue weighted by Crippen LogP contribution is -2.56. The van der Waals surface area contributed by atoms with Crippen molar-refractivity contribution in [3.8, 4) is 5.75 Å². The van der Waals surface area contributed by atoms with Crippen molar-refractivity contribution >= 4 is 45.1 Å². The van der Waals surface area contributed by atoms with E-state index >= 15 is 0 Å². The van der Waals surface area contributed by atoms with E-state index in [0.29, 0.717) is 24.0 Å². The SMILES string of the molecule is CCNC(=O)C(=O)[C@H](Cc1ccc(OC)cc1)NC(=O)[C@@H](NC(=O)CCCCC1CCSS1)C(C)C. The Kier molecular flexibility index (Phi) is 13.2. The van der Waals surface area contributed by atoms with Gasteiger partial charge < -0.3 is 20.7 Å².